The Labute approximate surface area is 170 Å². The van der Waals surface area contributed by atoms with Gasteiger partial charge in [0.25, 0.3) is 5.91 Å². The van der Waals surface area contributed by atoms with Crippen molar-refractivity contribution in [3.63, 3.8) is 0 Å². The summed E-state index contributed by atoms with van der Waals surface area (Å²) in [4.78, 5) is 26.5. The van der Waals surface area contributed by atoms with Crippen LogP contribution < -0.4 is 10.1 Å². The van der Waals surface area contributed by atoms with Gasteiger partial charge in [0.05, 0.1) is 12.2 Å². The predicted octanol–water partition coefficient (Wildman–Crippen LogP) is 4.83. The van der Waals surface area contributed by atoms with E-state index in [9.17, 15) is 9.59 Å². The molecule has 1 aromatic carbocycles. The number of rotatable bonds is 6. The molecule has 1 amide bonds. The zero-order chi connectivity index (χ0) is 20.3. The first-order valence-corrected chi connectivity index (χ1v) is 10.6. The maximum Gasteiger partial charge on any atom is 0.341 e. The van der Waals surface area contributed by atoms with E-state index >= 15 is 0 Å². The third kappa shape index (κ3) is 4.22. The van der Waals surface area contributed by atoms with Gasteiger partial charge in [-0.3, -0.25) is 4.79 Å². The summed E-state index contributed by atoms with van der Waals surface area (Å²) in [6, 6.07) is 5.88. The van der Waals surface area contributed by atoms with E-state index in [-0.39, 0.29) is 11.9 Å². The quantitative estimate of drug-likeness (QED) is 0.705. The molecule has 5 nitrogen and oxygen atoms in total. The molecule has 1 aliphatic rings. The monoisotopic (exact) mass is 401 g/mol. The second-order valence-electron chi connectivity index (χ2n) is 7.11. The summed E-state index contributed by atoms with van der Waals surface area (Å²) in [6.45, 7) is 7.73. The summed E-state index contributed by atoms with van der Waals surface area (Å²) in [6.07, 6.45) is 3.26. The highest BCUT2D eigenvalue weighted by molar-refractivity contribution is 7.17. The van der Waals surface area contributed by atoms with E-state index in [0.29, 0.717) is 17.2 Å². The summed E-state index contributed by atoms with van der Waals surface area (Å²) >= 11 is 1.49. The second kappa shape index (κ2) is 8.78. The van der Waals surface area contributed by atoms with Crippen LogP contribution in [0.15, 0.2) is 18.2 Å². The van der Waals surface area contributed by atoms with Crippen LogP contribution in [0.25, 0.3) is 0 Å². The van der Waals surface area contributed by atoms with Crippen molar-refractivity contribution in [2.45, 2.75) is 59.5 Å². The molecule has 0 fully saturated rings. The van der Waals surface area contributed by atoms with E-state index in [1.807, 2.05) is 32.0 Å². The number of thiophene rings is 1. The minimum absolute atomic E-state index is 0.271. The van der Waals surface area contributed by atoms with Crippen molar-refractivity contribution in [2.24, 2.45) is 0 Å². The van der Waals surface area contributed by atoms with Crippen molar-refractivity contribution >= 4 is 28.2 Å². The second-order valence-corrected chi connectivity index (χ2v) is 8.21. The molecule has 0 aliphatic heterocycles. The minimum atomic E-state index is -0.686. The lowest BCUT2D eigenvalue weighted by Crippen LogP contribution is -2.31. The van der Waals surface area contributed by atoms with Crippen molar-refractivity contribution in [1.82, 2.24) is 0 Å². The van der Waals surface area contributed by atoms with E-state index in [1.54, 1.807) is 13.8 Å². The maximum atomic E-state index is 12.8. The van der Waals surface area contributed by atoms with E-state index < -0.39 is 6.10 Å². The Morgan fingerprint density at radius 2 is 1.86 bits per heavy atom. The van der Waals surface area contributed by atoms with Crippen molar-refractivity contribution in [1.29, 1.82) is 0 Å². The third-order valence-electron chi connectivity index (χ3n) is 4.96. The van der Waals surface area contributed by atoms with Gasteiger partial charge >= 0.3 is 5.97 Å². The van der Waals surface area contributed by atoms with Gasteiger partial charge in [0.2, 0.25) is 0 Å². The van der Waals surface area contributed by atoms with Crippen molar-refractivity contribution < 1.29 is 19.1 Å². The number of hydrogen-bond acceptors (Lipinski definition) is 5. The molecule has 1 aliphatic carbocycles. The van der Waals surface area contributed by atoms with Gasteiger partial charge in [-0.05, 0) is 70.1 Å². The average Bonchev–Trinajstić information content (AvgIpc) is 3.02. The number of carbonyl (C=O) groups is 2. The fraction of sp³-hybridized carbons (Fsp3) is 0.455. The van der Waals surface area contributed by atoms with Crippen LogP contribution in [0.5, 0.6) is 5.75 Å². The lowest BCUT2D eigenvalue weighted by Gasteiger charge is -2.18. The summed E-state index contributed by atoms with van der Waals surface area (Å²) in [7, 11) is 0. The summed E-state index contributed by atoms with van der Waals surface area (Å²) in [5.41, 5.74) is 3.53. The van der Waals surface area contributed by atoms with Crippen LogP contribution in [0.2, 0.25) is 0 Å². The molecule has 1 atom stereocenters. The van der Waals surface area contributed by atoms with Gasteiger partial charge in [0.15, 0.2) is 6.10 Å². The zero-order valence-corrected chi connectivity index (χ0v) is 17.7. The molecule has 0 saturated heterocycles. The predicted molar refractivity (Wildman–Crippen MR) is 112 cm³/mol. The molecule has 6 heteroatoms. The highest BCUT2D eigenvalue weighted by atomic mass is 32.1. The lowest BCUT2D eigenvalue weighted by atomic mass is 9.95. The minimum Gasteiger partial charge on any atom is -0.480 e. The number of ether oxygens (including phenoxy) is 2. The molecule has 0 radical (unpaired) electrons. The van der Waals surface area contributed by atoms with E-state index in [4.69, 9.17) is 9.47 Å². The van der Waals surface area contributed by atoms with Gasteiger partial charge in [-0.2, -0.15) is 0 Å². The van der Waals surface area contributed by atoms with Gasteiger partial charge < -0.3 is 14.8 Å². The molecular formula is C22H27NO4S. The molecule has 2 aromatic rings. The highest BCUT2D eigenvalue weighted by Crippen LogP contribution is 2.38. The zero-order valence-electron chi connectivity index (χ0n) is 16.9. The molecule has 150 valence electrons. The number of anilines is 1. The van der Waals surface area contributed by atoms with Gasteiger partial charge in [-0.15, -0.1) is 11.3 Å². The first-order valence-electron chi connectivity index (χ1n) is 9.77. The number of fused-ring (bicyclic) bond motifs is 1. The fourth-order valence-electron chi connectivity index (χ4n) is 3.50. The fourth-order valence-corrected chi connectivity index (χ4v) is 4.78. The van der Waals surface area contributed by atoms with Gasteiger partial charge in [0.1, 0.15) is 10.8 Å². The van der Waals surface area contributed by atoms with Crippen LogP contribution >= 0.6 is 11.3 Å². The van der Waals surface area contributed by atoms with Crippen LogP contribution in [0.4, 0.5) is 5.00 Å². The Morgan fingerprint density at radius 1 is 1.18 bits per heavy atom. The molecule has 0 saturated carbocycles. The number of esters is 1. The summed E-state index contributed by atoms with van der Waals surface area (Å²) < 4.78 is 11.2. The molecule has 1 heterocycles. The number of hydrogen-bond donors (Lipinski definition) is 1. The average molecular weight is 402 g/mol. The van der Waals surface area contributed by atoms with Crippen LogP contribution in [0.3, 0.4) is 0 Å². The van der Waals surface area contributed by atoms with Crippen molar-refractivity contribution in [3.8, 4) is 5.75 Å². The Bertz CT molecular complexity index is 867. The molecule has 1 N–H and O–H groups in total. The van der Waals surface area contributed by atoms with E-state index in [1.165, 1.54) is 16.2 Å². The SMILES string of the molecule is CCOC(=O)c1c(NC(=O)C(C)Oc2c(C)cccc2C)sc2c1CCCC2. The molecule has 0 bridgehead atoms. The first-order chi connectivity index (χ1) is 13.4. The topological polar surface area (TPSA) is 64.6 Å². The number of nitrogens with one attached hydrogen (secondary N) is 1. The van der Waals surface area contributed by atoms with Gasteiger partial charge in [-0.1, -0.05) is 18.2 Å². The summed E-state index contributed by atoms with van der Waals surface area (Å²) in [5.74, 6) is 0.0913. The van der Waals surface area contributed by atoms with Gasteiger partial charge in [-0.25, -0.2) is 4.79 Å². The molecular weight excluding hydrogens is 374 g/mol. The Hall–Kier alpha value is -2.34. The van der Waals surface area contributed by atoms with Crippen LogP contribution in [-0.2, 0) is 22.4 Å². The van der Waals surface area contributed by atoms with Crippen molar-refractivity contribution in [3.05, 3.63) is 45.3 Å². The number of aryl methyl sites for hydroxylation is 3. The number of benzene rings is 1. The van der Waals surface area contributed by atoms with Crippen molar-refractivity contribution in [2.75, 3.05) is 11.9 Å². The lowest BCUT2D eigenvalue weighted by molar-refractivity contribution is -0.122. The molecule has 0 spiro atoms. The number of carbonyl (C=O) groups excluding carboxylic acids is 2. The van der Waals surface area contributed by atoms with Gasteiger partial charge in [0, 0.05) is 4.88 Å². The number of para-hydroxylation sites is 1. The van der Waals surface area contributed by atoms with E-state index in [0.717, 1.165) is 48.1 Å². The number of amides is 1. The molecule has 3 rings (SSSR count). The summed E-state index contributed by atoms with van der Waals surface area (Å²) in [5, 5.41) is 3.50. The Kier molecular flexibility index (Phi) is 6.39. The largest absolute Gasteiger partial charge is 0.480 e. The normalized spacial score (nSPS) is 14.1. The molecule has 1 aromatic heterocycles. The molecule has 28 heavy (non-hydrogen) atoms. The van der Waals surface area contributed by atoms with E-state index in [2.05, 4.69) is 5.32 Å². The highest BCUT2D eigenvalue weighted by Gasteiger charge is 2.28. The van der Waals surface area contributed by atoms with Crippen LogP contribution in [0.1, 0.15) is 58.6 Å². The standard InChI is InChI=1S/C22H27NO4S/c1-5-26-22(25)18-16-11-6-7-12-17(16)28-21(18)23-20(24)15(4)27-19-13(2)9-8-10-14(19)3/h8-10,15H,5-7,11-12H2,1-4H3,(H,23,24). The maximum absolute atomic E-state index is 12.8. The van der Waals surface area contributed by atoms with Crippen LogP contribution in [-0.4, -0.2) is 24.6 Å². The Balaban J connectivity index is 1.81. The smallest absolute Gasteiger partial charge is 0.341 e. The third-order valence-corrected chi connectivity index (χ3v) is 6.17. The first kappa shape index (κ1) is 20.4. The molecule has 1 unspecified atom stereocenters. The van der Waals surface area contributed by atoms with Crippen LogP contribution in [0, 0.1) is 13.8 Å². The Morgan fingerprint density at radius 3 is 2.54 bits per heavy atom.